The number of nitrogens with one attached hydrogen (secondary N) is 1. The van der Waals surface area contributed by atoms with Crippen LogP contribution in [-0.2, 0) is 0 Å². The summed E-state index contributed by atoms with van der Waals surface area (Å²) in [7, 11) is 0. The molecule has 0 radical (unpaired) electrons. The van der Waals surface area contributed by atoms with Crippen LogP contribution in [-0.4, -0.2) is 9.97 Å². The van der Waals surface area contributed by atoms with Crippen molar-refractivity contribution >= 4 is 44.9 Å². The maximum atomic E-state index is 13.3. The van der Waals surface area contributed by atoms with Gasteiger partial charge >= 0.3 is 0 Å². The van der Waals surface area contributed by atoms with Gasteiger partial charge in [0.2, 0.25) is 0 Å². The Labute approximate surface area is 135 Å². The molecule has 0 unspecified atom stereocenters. The van der Waals surface area contributed by atoms with Gasteiger partial charge in [-0.15, -0.1) is 0 Å². The third kappa shape index (κ3) is 2.96. The van der Waals surface area contributed by atoms with E-state index in [0.29, 0.717) is 27.7 Å². The average Bonchev–Trinajstić information content (AvgIpc) is 3.22. The lowest BCUT2D eigenvalue weighted by atomic mass is 10.2. The summed E-state index contributed by atoms with van der Waals surface area (Å²) >= 11 is 9.38. The van der Waals surface area contributed by atoms with Gasteiger partial charge in [0.15, 0.2) is 0 Å². The Morgan fingerprint density at radius 3 is 2.71 bits per heavy atom. The molecule has 1 fully saturated rings. The quantitative estimate of drug-likeness (QED) is 0.831. The van der Waals surface area contributed by atoms with Crippen molar-refractivity contribution in [2.24, 2.45) is 0 Å². The number of halogens is 3. The molecule has 2 aromatic rings. The zero-order valence-corrected chi connectivity index (χ0v) is 13.6. The first-order valence-corrected chi connectivity index (χ1v) is 7.68. The van der Waals surface area contributed by atoms with E-state index >= 15 is 0 Å². The number of benzene rings is 1. The van der Waals surface area contributed by atoms with E-state index in [9.17, 15) is 4.39 Å². The van der Waals surface area contributed by atoms with Gasteiger partial charge in [0.25, 0.3) is 0 Å². The second-order valence-corrected chi connectivity index (χ2v) is 6.35. The van der Waals surface area contributed by atoms with Crippen LogP contribution in [0, 0.1) is 12.7 Å². The lowest BCUT2D eigenvalue weighted by molar-refractivity contribution is 0.627. The van der Waals surface area contributed by atoms with Crippen molar-refractivity contribution in [1.82, 2.24) is 9.97 Å². The lowest BCUT2D eigenvalue weighted by Crippen LogP contribution is -2.07. The number of aromatic nitrogens is 2. The van der Waals surface area contributed by atoms with Gasteiger partial charge in [0.1, 0.15) is 23.3 Å². The molecule has 3 rings (SSSR count). The van der Waals surface area contributed by atoms with Crippen molar-refractivity contribution in [3.8, 4) is 0 Å². The standard InChI is InChI=1S/C14H13BrClFN4/c1-6-12(18)20-14(7-2-3-7)21-13(6)19-11-9(15)4-8(17)5-10(11)16/h4-5,7H,2-3H2,1H3,(H3,18,19,20,21). The summed E-state index contributed by atoms with van der Waals surface area (Å²) in [6.45, 7) is 1.83. The molecule has 0 amide bonds. The van der Waals surface area contributed by atoms with Gasteiger partial charge in [-0.2, -0.15) is 0 Å². The van der Waals surface area contributed by atoms with E-state index in [1.807, 2.05) is 6.92 Å². The van der Waals surface area contributed by atoms with E-state index in [-0.39, 0.29) is 5.02 Å². The molecule has 1 saturated carbocycles. The van der Waals surface area contributed by atoms with Gasteiger partial charge in [-0.05, 0) is 47.8 Å². The molecule has 4 nitrogen and oxygen atoms in total. The minimum Gasteiger partial charge on any atom is -0.383 e. The predicted molar refractivity (Wildman–Crippen MR) is 85.5 cm³/mol. The van der Waals surface area contributed by atoms with Crippen LogP contribution in [0.2, 0.25) is 5.02 Å². The van der Waals surface area contributed by atoms with Crippen molar-refractivity contribution in [3.05, 3.63) is 38.8 Å². The fraction of sp³-hybridized carbons (Fsp3) is 0.286. The van der Waals surface area contributed by atoms with Crippen LogP contribution < -0.4 is 11.1 Å². The Hall–Kier alpha value is -1.40. The molecular weight excluding hydrogens is 359 g/mol. The summed E-state index contributed by atoms with van der Waals surface area (Å²) in [5.41, 5.74) is 7.24. The summed E-state index contributed by atoms with van der Waals surface area (Å²) < 4.78 is 13.8. The number of nitrogens with two attached hydrogens (primary N) is 1. The number of hydrogen-bond acceptors (Lipinski definition) is 4. The first kappa shape index (κ1) is 14.5. The number of hydrogen-bond donors (Lipinski definition) is 2. The molecule has 1 aromatic heterocycles. The highest BCUT2D eigenvalue weighted by Gasteiger charge is 2.28. The van der Waals surface area contributed by atoms with E-state index in [0.717, 1.165) is 24.2 Å². The first-order chi connectivity index (χ1) is 9.95. The minimum absolute atomic E-state index is 0.270. The Balaban J connectivity index is 2.02. The second kappa shape index (κ2) is 5.42. The smallest absolute Gasteiger partial charge is 0.139 e. The number of rotatable bonds is 3. The number of anilines is 3. The van der Waals surface area contributed by atoms with Crippen molar-refractivity contribution in [3.63, 3.8) is 0 Å². The highest BCUT2D eigenvalue weighted by Crippen LogP contribution is 2.40. The van der Waals surface area contributed by atoms with Crippen LogP contribution in [0.4, 0.5) is 21.7 Å². The maximum Gasteiger partial charge on any atom is 0.139 e. The zero-order valence-electron chi connectivity index (χ0n) is 11.3. The molecule has 110 valence electrons. The van der Waals surface area contributed by atoms with Crippen LogP contribution in [0.15, 0.2) is 16.6 Å². The van der Waals surface area contributed by atoms with Crippen molar-refractivity contribution in [2.45, 2.75) is 25.7 Å². The summed E-state index contributed by atoms with van der Waals surface area (Å²) in [6.07, 6.45) is 2.17. The highest BCUT2D eigenvalue weighted by atomic mass is 79.9. The summed E-state index contributed by atoms with van der Waals surface area (Å²) in [6, 6.07) is 2.59. The molecule has 0 aliphatic heterocycles. The molecular formula is C14H13BrClFN4. The molecule has 1 aliphatic rings. The van der Waals surface area contributed by atoms with Gasteiger partial charge in [0.05, 0.1) is 10.7 Å². The van der Waals surface area contributed by atoms with E-state index in [1.165, 1.54) is 12.1 Å². The Bertz CT molecular complexity index is 695. The lowest BCUT2D eigenvalue weighted by Gasteiger charge is -2.14. The summed E-state index contributed by atoms with van der Waals surface area (Å²) in [4.78, 5) is 8.84. The Kier molecular flexibility index (Phi) is 3.75. The maximum absolute atomic E-state index is 13.3. The summed E-state index contributed by atoms with van der Waals surface area (Å²) in [5.74, 6) is 1.77. The number of nitrogen functional groups attached to an aromatic ring is 1. The first-order valence-electron chi connectivity index (χ1n) is 6.51. The van der Waals surface area contributed by atoms with E-state index in [2.05, 4.69) is 31.2 Å². The molecule has 1 aliphatic carbocycles. The molecule has 1 heterocycles. The van der Waals surface area contributed by atoms with Crippen LogP contribution in [0.25, 0.3) is 0 Å². The molecule has 7 heteroatoms. The van der Waals surface area contributed by atoms with Gasteiger partial charge in [-0.1, -0.05) is 11.6 Å². The van der Waals surface area contributed by atoms with Gasteiger partial charge in [0, 0.05) is 16.0 Å². The highest BCUT2D eigenvalue weighted by molar-refractivity contribution is 9.10. The van der Waals surface area contributed by atoms with Crippen molar-refractivity contribution in [2.75, 3.05) is 11.1 Å². The minimum atomic E-state index is -0.407. The van der Waals surface area contributed by atoms with E-state index in [1.54, 1.807) is 0 Å². The SMILES string of the molecule is Cc1c(N)nc(C2CC2)nc1Nc1c(Cl)cc(F)cc1Br. The molecule has 0 spiro atoms. The molecule has 1 aromatic carbocycles. The Morgan fingerprint density at radius 2 is 2.10 bits per heavy atom. The molecule has 3 N–H and O–H groups in total. The van der Waals surface area contributed by atoms with E-state index in [4.69, 9.17) is 17.3 Å². The monoisotopic (exact) mass is 370 g/mol. The van der Waals surface area contributed by atoms with Gasteiger partial charge in [-0.25, -0.2) is 14.4 Å². The zero-order chi connectivity index (χ0) is 15.1. The fourth-order valence-electron chi connectivity index (χ4n) is 1.98. The van der Waals surface area contributed by atoms with Gasteiger partial charge < -0.3 is 11.1 Å². The number of nitrogens with zero attached hydrogens (tertiary/aromatic N) is 2. The van der Waals surface area contributed by atoms with E-state index < -0.39 is 5.82 Å². The normalized spacial score (nSPS) is 14.3. The third-order valence-corrected chi connectivity index (χ3v) is 4.32. The molecule has 0 bridgehead atoms. The molecule has 21 heavy (non-hydrogen) atoms. The Morgan fingerprint density at radius 1 is 1.38 bits per heavy atom. The fourth-order valence-corrected chi connectivity index (χ4v) is 2.88. The van der Waals surface area contributed by atoms with Gasteiger partial charge in [-0.3, -0.25) is 0 Å². The largest absolute Gasteiger partial charge is 0.383 e. The molecule has 0 saturated heterocycles. The van der Waals surface area contributed by atoms with Crippen LogP contribution in [0.1, 0.15) is 30.1 Å². The topological polar surface area (TPSA) is 63.8 Å². The van der Waals surface area contributed by atoms with Crippen molar-refractivity contribution in [1.29, 1.82) is 0 Å². The van der Waals surface area contributed by atoms with Crippen LogP contribution in [0.3, 0.4) is 0 Å². The van der Waals surface area contributed by atoms with Crippen LogP contribution >= 0.6 is 27.5 Å². The predicted octanol–water partition coefficient (Wildman–Crippen LogP) is 4.54. The second-order valence-electron chi connectivity index (χ2n) is 5.08. The van der Waals surface area contributed by atoms with Crippen molar-refractivity contribution < 1.29 is 4.39 Å². The summed E-state index contributed by atoms with van der Waals surface area (Å²) in [5, 5.41) is 3.39. The van der Waals surface area contributed by atoms with Crippen LogP contribution in [0.5, 0.6) is 0 Å². The average molecular weight is 372 g/mol. The third-order valence-electron chi connectivity index (χ3n) is 3.39. The molecule has 0 atom stereocenters.